The van der Waals surface area contributed by atoms with Crippen molar-refractivity contribution in [1.29, 1.82) is 0 Å². The molecule has 5 rings (SSSR count). The van der Waals surface area contributed by atoms with Crippen molar-refractivity contribution in [3.8, 4) is 0 Å². The van der Waals surface area contributed by atoms with E-state index in [9.17, 15) is 14.4 Å². The Kier molecular flexibility index (Phi) is 4.94. The van der Waals surface area contributed by atoms with E-state index >= 15 is 0 Å². The number of amides is 2. The van der Waals surface area contributed by atoms with E-state index in [2.05, 4.69) is 6.58 Å². The molecule has 3 heterocycles. The van der Waals surface area contributed by atoms with Gasteiger partial charge in [0.05, 0.1) is 16.6 Å². The SMILES string of the molecule is C=CCN1C(=O)[C@]2(c3ccccc31)c1c(oc3ccc(C)cc3c1=O)C(=O)N2CCCOC. The minimum atomic E-state index is -1.59. The average Bonchev–Trinajstić information content (AvgIpc) is 3.20. The highest BCUT2D eigenvalue weighted by atomic mass is 16.5. The summed E-state index contributed by atoms with van der Waals surface area (Å²) in [7, 11) is 1.58. The normalized spacial score (nSPS) is 19.0. The van der Waals surface area contributed by atoms with E-state index in [-0.39, 0.29) is 35.7 Å². The van der Waals surface area contributed by atoms with Crippen LogP contribution in [0.5, 0.6) is 0 Å². The Balaban J connectivity index is 1.87. The van der Waals surface area contributed by atoms with E-state index in [0.29, 0.717) is 35.2 Å². The van der Waals surface area contributed by atoms with Crippen LogP contribution in [-0.4, -0.2) is 43.5 Å². The lowest BCUT2D eigenvalue weighted by Gasteiger charge is -2.34. The number of fused-ring (bicyclic) bond motifs is 5. The predicted molar refractivity (Wildman–Crippen MR) is 125 cm³/mol. The van der Waals surface area contributed by atoms with Gasteiger partial charge in [-0.25, -0.2) is 0 Å². The Morgan fingerprint density at radius 2 is 1.94 bits per heavy atom. The zero-order chi connectivity index (χ0) is 23.3. The Morgan fingerprint density at radius 3 is 2.70 bits per heavy atom. The molecule has 0 radical (unpaired) electrons. The summed E-state index contributed by atoms with van der Waals surface area (Å²) < 4.78 is 11.2. The first-order chi connectivity index (χ1) is 16.0. The van der Waals surface area contributed by atoms with Crippen LogP contribution in [0.2, 0.25) is 0 Å². The van der Waals surface area contributed by atoms with Crippen LogP contribution in [-0.2, 0) is 15.1 Å². The van der Waals surface area contributed by atoms with Gasteiger partial charge in [-0.05, 0) is 31.5 Å². The highest BCUT2D eigenvalue weighted by Crippen LogP contribution is 2.52. The van der Waals surface area contributed by atoms with Crippen LogP contribution in [0.15, 0.2) is 64.3 Å². The molecule has 2 aliphatic rings. The van der Waals surface area contributed by atoms with Crippen LogP contribution in [0.25, 0.3) is 11.0 Å². The van der Waals surface area contributed by atoms with Gasteiger partial charge in [0.25, 0.3) is 11.8 Å². The van der Waals surface area contributed by atoms with Crippen molar-refractivity contribution in [1.82, 2.24) is 4.90 Å². The number of aryl methyl sites for hydroxylation is 1. The Hall–Kier alpha value is -3.71. The Labute approximate surface area is 190 Å². The molecule has 168 valence electrons. The van der Waals surface area contributed by atoms with Gasteiger partial charge in [0.15, 0.2) is 11.0 Å². The molecule has 0 unspecified atom stereocenters. The molecular weight excluding hydrogens is 420 g/mol. The number of benzene rings is 2. The minimum Gasteiger partial charge on any atom is -0.450 e. The lowest BCUT2D eigenvalue weighted by atomic mass is 9.84. The van der Waals surface area contributed by atoms with Gasteiger partial charge in [-0.2, -0.15) is 0 Å². The van der Waals surface area contributed by atoms with Crippen LogP contribution in [0, 0.1) is 6.92 Å². The third-order valence-corrected chi connectivity index (χ3v) is 6.43. The molecule has 3 aromatic rings. The quantitative estimate of drug-likeness (QED) is 0.430. The molecule has 0 saturated carbocycles. The number of ether oxygens (including phenoxy) is 1. The number of anilines is 1. The van der Waals surface area contributed by atoms with E-state index in [0.717, 1.165) is 5.56 Å². The van der Waals surface area contributed by atoms with Crippen molar-refractivity contribution >= 4 is 28.5 Å². The second kappa shape index (κ2) is 7.71. The maximum Gasteiger partial charge on any atom is 0.291 e. The molecule has 1 atom stereocenters. The van der Waals surface area contributed by atoms with Crippen molar-refractivity contribution in [2.45, 2.75) is 18.9 Å². The van der Waals surface area contributed by atoms with Crippen molar-refractivity contribution < 1.29 is 18.7 Å². The number of rotatable bonds is 6. The number of para-hydroxylation sites is 1. The summed E-state index contributed by atoms with van der Waals surface area (Å²) in [4.78, 5) is 44.8. The van der Waals surface area contributed by atoms with E-state index in [1.807, 2.05) is 37.3 Å². The van der Waals surface area contributed by atoms with Gasteiger partial charge in [0.2, 0.25) is 5.76 Å². The number of hydrogen-bond acceptors (Lipinski definition) is 5. The summed E-state index contributed by atoms with van der Waals surface area (Å²) >= 11 is 0. The molecule has 0 fully saturated rings. The van der Waals surface area contributed by atoms with Gasteiger partial charge in [-0.1, -0.05) is 35.9 Å². The van der Waals surface area contributed by atoms with Crippen molar-refractivity contribution in [3.05, 3.63) is 87.8 Å². The predicted octanol–water partition coefficient (Wildman–Crippen LogP) is 3.37. The van der Waals surface area contributed by atoms with Crippen molar-refractivity contribution in [3.63, 3.8) is 0 Å². The second-order valence-corrected chi connectivity index (χ2v) is 8.37. The maximum atomic E-state index is 14.2. The van der Waals surface area contributed by atoms with Crippen LogP contribution in [0.4, 0.5) is 5.69 Å². The number of hydrogen-bond donors (Lipinski definition) is 0. The highest BCUT2D eigenvalue weighted by Gasteiger charge is 2.64. The first-order valence-corrected chi connectivity index (χ1v) is 10.9. The van der Waals surface area contributed by atoms with E-state index in [4.69, 9.17) is 9.15 Å². The third-order valence-electron chi connectivity index (χ3n) is 6.43. The summed E-state index contributed by atoms with van der Waals surface area (Å²) in [5.41, 5.74) is 0.611. The van der Waals surface area contributed by atoms with Crippen molar-refractivity contribution in [2.24, 2.45) is 0 Å². The summed E-state index contributed by atoms with van der Waals surface area (Å²) in [5.74, 6) is -0.894. The van der Waals surface area contributed by atoms with Gasteiger partial charge in [0.1, 0.15) is 5.58 Å². The molecule has 7 heteroatoms. The Bertz CT molecular complexity index is 1370. The molecule has 0 N–H and O–H groups in total. The summed E-state index contributed by atoms with van der Waals surface area (Å²) in [6.45, 7) is 6.56. The molecule has 0 aliphatic carbocycles. The van der Waals surface area contributed by atoms with E-state index < -0.39 is 11.4 Å². The molecular formula is C26H24N2O5. The lowest BCUT2D eigenvalue weighted by molar-refractivity contribution is -0.126. The molecule has 2 amide bonds. The minimum absolute atomic E-state index is 0.0719. The molecule has 33 heavy (non-hydrogen) atoms. The van der Waals surface area contributed by atoms with Gasteiger partial charge in [-0.15, -0.1) is 6.58 Å². The maximum absolute atomic E-state index is 14.2. The number of carbonyl (C=O) groups excluding carboxylic acids is 2. The fourth-order valence-corrected chi connectivity index (χ4v) is 5.08. The highest BCUT2D eigenvalue weighted by molar-refractivity contribution is 6.17. The van der Waals surface area contributed by atoms with Gasteiger partial charge >= 0.3 is 0 Å². The van der Waals surface area contributed by atoms with Crippen LogP contribution in [0.1, 0.15) is 33.7 Å². The molecule has 2 aromatic carbocycles. The molecule has 1 aromatic heterocycles. The number of carbonyl (C=O) groups is 2. The molecule has 1 spiro atoms. The van der Waals surface area contributed by atoms with E-state index in [1.54, 1.807) is 30.2 Å². The van der Waals surface area contributed by atoms with Crippen LogP contribution < -0.4 is 10.3 Å². The summed E-state index contributed by atoms with van der Waals surface area (Å²) in [5, 5.41) is 0.354. The number of methoxy groups -OCH3 is 1. The fraction of sp³-hybridized carbons (Fsp3) is 0.269. The zero-order valence-corrected chi connectivity index (χ0v) is 18.6. The second-order valence-electron chi connectivity index (χ2n) is 8.37. The third kappa shape index (κ3) is 2.75. The molecule has 0 saturated heterocycles. The van der Waals surface area contributed by atoms with Crippen molar-refractivity contribution in [2.75, 3.05) is 31.7 Å². The molecule has 7 nitrogen and oxygen atoms in total. The topological polar surface area (TPSA) is 80.1 Å². The summed E-state index contributed by atoms with van der Waals surface area (Å²) in [6.07, 6.45) is 2.13. The fourth-order valence-electron chi connectivity index (χ4n) is 5.08. The van der Waals surface area contributed by atoms with Crippen LogP contribution in [0.3, 0.4) is 0 Å². The van der Waals surface area contributed by atoms with Gasteiger partial charge in [0, 0.05) is 32.4 Å². The Morgan fingerprint density at radius 1 is 1.15 bits per heavy atom. The average molecular weight is 444 g/mol. The van der Waals surface area contributed by atoms with Gasteiger partial charge < -0.3 is 19.0 Å². The summed E-state index contributed by atoms with van der Waals surface area (Å²) in [6, 6.07) is 12.5. The van der Waals surface area contributed by atoms with Gasteiger partial charge in [-0.3, -0.25) is 14.4 Å². The molecule has 0 bridgehead atoms. The van der Waals surface area contributed by atoms with E-state index in [1.165, 1.54) is 4.90 Å². The number of nitrogens with zero attached hydrogens (tertiary/aromatic N) is 2. The first kappa shape index (κ1) is 21.2. The smallest absolute Gasteiger partial charge is 0.291 e. The molecule has 2 aliphatic heterocycles. The lowest BCUT2D eigenvalue weighted by Crippen LogP contribution is -2.53. The van der Waals surface area contributed by atoms with Crippen LogP contribution >= 0.6 is 0 Å². The largest absolute Gasteiger partial charge is 0.450 e. The first-order valence-electron chi connectivity index (χ1n) is 10.9. The zero-order valence-electron chi connectivity index (χ0n) is 18.6. The monoisotopic (exact) mass is 444 g/mol. The standard InChI is InChI=1S/C26H24N2O5/c1-4-12-27-19-9-6-5-8-18(19)26(25(27)31)21-22(29)17-15-16(2)10-11-20(17)33-23(21)24(30)28(26)13-7-14-32-3/h4-6,8-11,15H,1,7,12-14H2,2-3H3/t26-/m0/s1.